The van der Waals surface area contributed by atoms with Gasteiger partial charge in [-0.2, -0.15) is 0 Å². The normalized spacial score (nSPS) is 21.9. The van der Waals surface area contributed by atoms with Gasteiger partial charge in [-0.05, 0) is 25.9 Å². The Morgan fingerprint density at radius 2 is 1.70 bits per heavy atom. The van der Waals surface area contributed by atoms with Crippen LogP contribution in [0.5, 0.6) is 0 Å². The van der Waals surface area contributed by atoms with Crippen LogP contribution >= 0.6 is 0 Å². The van der Waals surface area contributed by atoms with Gasteiger partial charge < -0.3 is 0 Å². The first-order valence-electron chi connectivity index (χ1n) is 3.79. The first kappa shape index (κ1) is 7.92. The predicted octanol–water partition coefficient (Wildman–Crippen LogP) is 1.74. The summed E-state index contributed by atoms with van der Waals surface area (Å²) in [6.07, 6.45) is 1.23. The topological polar surface area (TPSA) is 3.24 Å². The SMILES string of the molecule is FC(F)CN1CCCCC1. The number of hydrogen-bond acceptors (Lipinski definition) is 1. The Morgan fingerprint density at radius 1 is 1.10 bits per heavy atom. The van der Waals surface area contributed by atoms with Gasteiger partial charge in [-0.1, -0.05) is 6.42 Å². The molecule has 0 saturated carbocycles. The maximum absolute atomic E-state index is 11.8. The van der Waals surface area contributed by atoms with Crippen LogP contribution in [0.1, 0.15) is 19.3 Å². The zero-order chi connectivity index (χ0) is 7.40. The zero-order valence-electron chi connectivity index (χ0n) is 6.02. The highest BCUT2D eigenvalue weighted by Crippen LogP contribution is 2.09. The second-order valence-corrected chi connectivity index (χ2v) is 2.75. The van der Waals surface area contributed by atoms with Gasteiger partial charge in [0.25, 0.3) is 6.43 Å². The minimum Gasteiger partial charge on any atom is -0.298 e. The van der Waals surface area contributed by atoms with Crippen molar-refractivity contribution in [3.05, 3.63) is 0 Å². The molecular weight excluding hydrogens is 136 g/mol. The molecule has 0 aromatic carbocycles. The standard InChI is InChI=1S/C7H13F2N/c8-7(9)6-10-4-2-1-3-5-10/h7H,1-6H2. The summed E-state index contributed by atoms with van der Waals surface area (Å²) in [4.78, 5) is 1.84. The highest BCUT2D eigenvalue weighted by atomic mass is 19.3. The number of alkyl halides is 2. The van der Waals surface area contributed by atoms with E-state index in [-0.39, 0.29) is 6.54 Å². The lowest BCUT2D eigenvalue weighted by molar-refractivity contribution is 0.0788. The number of hydrogen-bond donors (Lipinski definition) is 0. The van der Waals surface area contributed by atoms with Crippen LogP contribution in [0.2, 0.25) is 0 Å². The van der Waals surface area contributed by atoms with Gasteiger partial charge in [0, 0.05) is 0 Å². The van der Waals surface area contributed by atoms with Gasteiger partial charge in [-0.3, -0.25) is 4.90 Å². The molecule has 10 heavy (non-hydrogen) atoms. The quantitative estimate of drug-likeness (QED) is 0.578. The van der Waals surface area contributed by atoms with Gasteiger partial charge in [0.05, 0.1) is 6.54 Å². The van der Waals surface area contributed by atoms with Gasteiger partial charge in [0.1, 0.15) is 0 Å². The van der Waals surface area contributed by atoms with Crippen LogP contribution in [0.4, 0.5) is 8.78 Å². The summed E-state index contributed by atoms with van der Waals surface area (Å²) in [6.45, 7) is 1.70. The summed E-state index contributed by atoms with van der Waals surface area (Å²) >= 11 is 0. The Bertz CT molecular complexity index is 89.6. The van der Waals surface area contributed by atoms with Crippen molar-refractivity contribution in [1.29, 1.82) is 0 Å². The van der Waals surface area contributed by atoms with Crippen LogP contribution in [-0.2, 0) is 0 Å². The van der Waals surface area contributed by atoms with Crippen molar-refractivity contribution in [2.24, 2.45) is 0 Å². The molecule has 0 spiro atoms. The van der Waals surface area contributed by atoms with E-state index < -0.39 is 6.43 Å². The predicted molar refractivity (Wildman–Crippen MR) is 36.3 cm³/mol. The fraction of sp³-hybridized carbons (Fsp3) is 1.00. The number of likely N-dealkylation sites (tertiary alicyclic amines) is 1. The largest absolute Gasteiger partial charge is 0.298 e. The molecule has 0 aromatic rings. The van der Waals surface area contributed by atoms with Crippen molar-refractivity contribution >= 4 is 0 Å². The van der Waals surface area contributed by atoms with Crippen LogP contribution in [-0.4, -0.2) is 31.0 Å². The molecule has 0 aliphatic carbocycles. The maximum Gasteiger partial charge on any atom is 0.251 e. The minimum atomic E-state index is -2.15. The van der Waals surface area contributed by atoms with Crippen LogP contribution in [0.3, 0.4) is 0 Å². The molecule has 0 bridgehead atoms. The zero-order valence-corrected chi connectivity index (χ0v) is 6.02. The van der Waals surface area contributed by atoms with E-state index in [4.69, 9.17) is 0 Å². The fourth-order valence-electron chi connectivity index (χ4n) is 1.34. The van der Waals surface area contributed by atoms with Gasteiger partial charge in [0.2, 0.25) is 0 Å². The summed E-state index contributed by atoms with van der Waals surface area (Å²) in [5.41, 5.74) is 0. The number of rotatable bonds is 2. The lowest BCUT2D eigenvalue weighted by Gasteiger charge is -2.25. The molecular formula is C7H13F2N. The van der Waals surface area contributed by atoms with Gasteiger partial charge in [0.15, 0.2) is 0 Å². The number of piperidine rings is 1. The van der Waals surface area contributed by atoms with E-state index in [2.05, 4.69) is 0 Å². The summed E-state index contributed by atoms with van der Waals surface area (Å²) in [6, 6.07) is 0. The molecule has 1 fully saturated rings. The molecule has 1 rings (SSSR count). The molecule has 1 nitrogen and oxygen atoms in total. The maximum atomic E-state index is 11.8. The number of halogens is 2. The van der Waals surface area contributed by atoms with Crippen LogP contribution in [0.25, 0.3) is 0 Å². The molecule has 3 heteroatoms. The Labute approximate surface area is 60.0 Å². The van der Waals surface area contributed by atoms with Gasteiger partial charge in [-0.15, -0.1) is 0 Å². The van der Waals surface area contributed by atoms with Crippen molar-refractivity contribution in [2.45, 2.75) is 25.7 Å². The third kappa shape index (κ3) is 2.60. The Hall–Kier alpha value is -0.180. The number of nitrogens with zero attached hydrogens (tertiary/aromatic N) is 1. The Morgan fingerprint density at radius 3 is 2.20 bits per heavy atom. The molecule has 0 unspecified atom stereocenters. The summed E-state index contributed by atoms with van der Waals surface area (Å²) < 4.78 is 23.6. The molecule has 60 valence electrons. The lowest BCUT2D eigenvalue weighted by atomic mass is 10.1. The lowest BCUT2D eigenvalue weighted by Crippen LogP contribution is -2.33. The molecule has 1 aliphatic heterocycles. The average Bonchev–Trinajstić information content (AvgIpc) is 1.88. The van der Waals surface area contributed by atoms with Crippen molar-refractivity contribution in [2.75, 3.05) is 19.6 Å². The van der Waals surface area contributed by atoms with Crippen molar-refractivity contribution < 1.29 is 8.78 Å². The average molecular weight is 149 g/mol. The molecule has 0 radical (unpaired) electrons. The first-order chi connectivity index (χ1) is 4.79. The van der Waals surface area contributed by atoms with Crippen molar-refractivity contribution in [1.82, 2.24) is 4.90 Å². The first-order valence-corrected chi connectivity index (χ1v) is 3.79. The molecule has 1 heterocycles. The monoisotopic (exact) mass is 149 g/mol. The Balaban J connectivity index is 2.13. The highest BCUT2D eigenvalue weighted by molar-refractivity contribution is 4.64. The van der Waals surface area contributed by atoms with E-state index in [9.17, 15) is 8.78 Å². The molecule has 0 amide bonds. The van der Waals surface area contributed by atoms with E-state index in [1.54, 1.807) is 0 Å². The smallest absolute Gasteiger partial charge is 0.251 e. The van der Waals surface area contributed by atoms with Gasteiger partial charge >= 0.3 is 0 Å². The second kappa shape index (κ2) is 3.86. The van der Waals surface area contributed by atoms with E-state index in [0.717, 1.165) is 25.9 Å². The summed E-state index contributed by atoms with van der Waals surface area (Å²) in [7, 11) is 0. The van der Waals surface area contributed by atoms with E-state index in [1.165, 1.54) is 6.42 Å². The second-order valence-electron chi connectivity index (χ2n) is 2.75. The molecule has 0 aromatic heterocycles. The highest BCUT2D eigenvalue weighted by Gasteiger charge is 2.13. The Kier molecular flexibility index (Phi) is 3.06. The van der Waals surface area contributed by atoms with Crippen molar-refractivity contribution in [3.63, 3.8) is 0 Å². The fourth-order valence-corrected chi connectivity index (χ4v) is 1.34. The van der Waals surface area contributed by atoms with Crippen LogP contribution in [0, 0.1) is 0 Å². The minimum absolute atomic E-state index is 0.0278. The molecule has 1 aliphatic rings. The van der Waals surface area contributed by atoms with Crippen molar-refractivity contribution in [3.8, 4) is 0 Å². The van der Waals surface area contributed by atoms with E-state index in [1.807, 2.05) is 4.90 Å². The van der Waals surface area contributed by atoms with E-state index in [0.29, 0.717) is 0 Å². The molecule has 0 atom stereocenters. The molecule has 0 N–H and O–H groups in total. The molecule has 1 saturated heterocycles. The van der Waals surface area contributed by atoms with E-state index >= 15 is 0 Å². The summed E-state index contributed by atoms with van der Waals surface area (Å²) in [5, 5.41) is 0. The van der Waals surface area contributed by atoms with Gasteiger partial charge in [-0.25, -0.2) is 8.78 Å². The third-order valence-corrected chi connectivity index (χ3v) is 1.84. The van der Waals surface area contributed by atoms with Crippen LogP contribution < -0.4 is 0 Å². The summed E-state index contributed by atoms with van der Waals surface area (Å²) in [5.74, 6) is 0. The third-order valence-electron chi connectivity index (χ3n) is 1.84. The van der Waals surface area contributed by atoms with Crippen LogP contribution in [0.15, 0.2) is 0 Å².